The van der Waals surface area contributed by atoms with Crippen molar-refractivity contribution in [2.75, 3.05) is 25.6 Å². The highest BCUT2D eigenvalue weighted by Gasteiger charge is 2.17. The predicted molar refractivity (Wildman–Crippen MR) is 106 cm³/mol. The number of fused-ring (bicyclic) bond motifs is 1. The highest BCUT2D eigenvalue weighted by Crippen LogP contribution is 2.37. The predicted octanol–water partition coefficient (Wildman–Crippen LogP) is 4.08. The first-order chi connectivity index (χ1) is 13.0. The van der Waals surface area contributed by atoms with E-state index in [1.807, 2.05) is 13.0 Å². The molecule has 0 spiro atoms. The Balaban J connectivity index is 1.83. The molecule has 3 rings (SSSR count). The molecule has 1 aliphatic heterocycles. The minimum absolute atomic E-state index is 0.0191. The molecule has 0 fully saturated rings. The number of rotatable bonds is 6. The Morgan fingerprint density at radius 1 is 1.33 bits per heavy atom. The van der Waals surface area contributed by atoms with Crippen LogP contribution in [0.1, 0.15) is 22.8 Å². The first-order valence-electron chi connectivity index (χ1n) is 8.31. The van der Waals surface area contributed by atoms with Crippen LogP contribution in [0.2, 0.25) is 0 Å². The van der Waals surface area contributed by atoms with Gasteiger partial charge in [-0.3, -0.25) is 9.59 Å². The van der Waals surface area contributed by atoms with Gasteiger partial charge in [0.05, 0.1) is 23.9 Å². The number of ether oxygens (including phenoxy) is 3. The lowest BCUT2D eigenvalue weighted by Crippen LogP contribution is -2.25. The van der Waals surface area contributed by atoms with E-state index >= 15 is 0 Å². The van der Waals surface area contributed by atoms with E-state index in [1.165, 1.54) is 6.08 Å². The highest BCUT2D eigenvalue weighted by atomic mass is 79.9. The minimum atomic E-state index is -0.242. The molecular formula is C20H18BrNO5. The number of methoxy groups -OCH3 is 1. The van der Waals surface area contributed by atoms with Crippen molar-refractivity contribution < 1.29 is 23.8 Å². The lowest BCUT2D eigenvalue weighted by Gasteiger charge is -2.18. The summed E-state index contributed by atoms with van der Waals surface area (Å²) in [4.78, 5) is 23.9. The summed E-state index contributed by atoms with van der Waals surface area (Å²) >= 11 is 3.45. The average Bonchev–Trinajstić information content (AvgIpc) is 2.65. The third-order valence-electron chi connectivity index (χ3n) is 3.86. The summed E-state index contributed by atoms with van der Waals surface area (Å²) < 4.78 is 16.9. The number of nitrogens with one attached hydrogen (secondary N) is 1. The van der Waals surface area contributed by atoms with E-state index < -0.39 is 0 Å². The van der Waals surface area contributed by atoms with Crippen LogP contribution in [0.4, 0.5) is 5.69 Å². The molecule has 0 aliphatic carbocycles. The van der Waals surface area contributed by atoms with Crippen LogP contribution in [0.25, 0.3) is 6.08 Å². The molecule has 1 heterocycles. The maximum atomic E-state index is 12.5. The van der Waals surface area contributed by atoms with E-state index in [4.69, 9.17) is 14.2 Å². The standard InChI is InChI=1S/C20H18BrNO5/c1-3-26-18-9-12(8-14(21)20(18)25-2)4-6-16(23)13-5-7-17-15(10-13)22-19(24)11-27-17/h4-10H,3,11H2,1-2H3,(H,22,24)/b6-4+. The summed E-state index contributed by atoms with van der Waals surface area (Å²) in [6, 6.07) is 8.59. The SMILES string of the molecule is CCOc1cc(/C=C/C(=O)c2ccc3c(c2)NC(=O)CO3)cc(Br)c1OC. The molecule has 0 radical (unpaired) electrons. The van der Waals surface area contributed by atoms with Gasteiger partial charge in [-0.2, -0.15) is 0 Å². The van der Waals surface area contributed by atoms with Gasteiger partial charge in [0.25, 0.3) is 5.91 Å². The zero-order valence-corrected chi connectivity index (χ0v) is 16.5. The Hall–Kier alpha value is -2.80. The fourth-order valence-electron chi connectivity index (χ4n) is 2.65. The number of halogens is 1. The topological polar surface area (TPSA) is 73.9 Å². The number of allylic oxidation sites excluding steroid dienone is 1. The Labute approximate surface area is 165 Å². The third kappa shape index (κ3) is 4.31. The van der Waals surface area contributed by atoms with Gasteiger partial charge < -0.3 is 19.5 Å². The van der Waals surface area contributed by atoms with E-state index in [1.54, 1.807) is 37.5 Å². The second kappa shape index (κ2) is 8.26. The molecule has 0 saturated heterocycles. The maximum absolute atomic E-state index is 12.5. The first-order valence-corrected chi connectivity index (χ1v) is 9.10. The van der Waals surface area contributed by atoms with Crippen molar-refractivity contribution in [3.05, 3.63) is 52.0 Å². The number of carbonyl (C=O) groups excluding carboxylic acids is 2. The van der Waals surface area contributed by atoms with Gasteiger partial charge >= 0.3 is 0 Å². The first kappa shape index (κ1) is 19.0. The van der Waals surface area contributed by atoms with Gasteiger partial charge in [0, 0.05) is 5.56 Å². The van der Waals surface area contributed by atoms with E-state index in [0.29, 0.717) is 35.1 Å². The van der Waals surface area contributed by atoms with Crippen LogP contribution in [0.3, 0.4) is 0 Å². The van der Waals surface area contributed by atoms with Crippen LogP contribution in [0, 0.1) is 0 Å². The number of amides is 1. The molecular weight excluding hydrogens is 414 g/mol. The van der Waals surface area contributed by atoms with Crippen molar-refractivity contribution in [1.82, 2.24) is 0 Å². The third-order valence-corrected chi connectivity index (χ3v) is 4.45. The molecule has 7 heteroatoms. The Bertz CT molecular complexity index is 923. The van der Waals surface area contributed by atoms with Crippen LogP contribution in [0.5, 0.6) is 17.2 Å². The Kier molecular flexibility index (Phi) is 5.81. The molecule has 27 heavy (non-hydrogen) atoms. The van der Waals surface area contributed by atoms with Crippen LogP contribution in [0.15, 0.2) is 40.9 Å². The quantitative estimate of drug-likeness (QED) is 0.550. The average molecular weight is 432 g/mol. The molecule has 0 saturated carbocycles. The van der Waals surface area contributed by atoms with Crippen molar-refractivity contribution in [3.8, 4) is 17.2 Å². The number of anilines is 1. The lowest BCUT2D eigenvalue weighted by molar-refractivity contribution is -0.118. The van der Waals surface area contributed by atoms with Gasteiger partial charge in [0.2, 0.25) is 0 Å². The fourth-order valence-corrected chi connectivity index (χ4v) is 3.27. The molecule has 0 bridgehead atoms. The Morgan fingerprint density at radius 3 is 2.89 bits per heavy atom. The van der Waals surface area contributed by atoms with Crippen molar-refractivity contribution in [3.63, 3.8) is 0 Å². The molecule has 0 aromatic heterocycles. The van der Waals surface area contributed by atoms with Crippen molar-refractivity contribution >= 4 is 39.4 Å². The van der Waals surface area contributed by atoms with Crippen LogP contribution in [-0.2, 0) is 4.79 Å². The summed E-state index contributed by atoms with van der Waals surface area (Å²) in [5.41, 5.74) is 1.74. The van der Waals surface area contributed by atoms with Gasteiger partial charge in [-0.05, 0) is 64.8 Å². The van der Waals surface area contributed by atoms with Crippen LogP contribution in [-0.4, -0.2) is 32.0 Å². The molecule has 0 atom stereocenters. The molecule has 1 N–H and O–H groups in total. The Morgan fingerprint density at radius 2 is 2.15 bits per heavy atom. The number of benzene rings is 2. The smallest absolute Gasteiger partial charge is 0.262 e. The van der Waals surface area contributed by atoms with E-state index in [0.717, 1.165) is 10.0 Å². The van der Waals surface area contributed by atoms with Gasteiger partial charge in [-0.15, -0.1) is 0 Å². The summed E-state index contributed by atoms with van der Waals surface area (Å²) in [6.45, 7) is 2.37. The van der Waals surface area contributed by atoms with Gasteiger partial charge in [-0.25, -0.2) is 0 Å². The second-order valence-electron chi connectivity index (χ2n) is 5.71. The summed E-state index contributed by atoms with van der Waals surface area (Å²) in [7, 11) is 1.57. The fraction of sp³-hybridized carbons (Fsp3) is 0.200. The monoisotopic (exact) mass is 431 g/mol. The summed E-state index contributed by atoms with van der Waals surface area (Å²) in [5.74, 6) is 1.31. The number of hydrogen-bond donors (Lipinski definition) is 1. The van der Waals surface area contributed by atoms with E-state index in [2.05, 4.69) is 21.2 Å². The maximum Gasteiger partial charge on any atom is 0.262 e. The summed E-state index contributed by atoms with van der Waals surface area (Å²) in [5, 5.41) is 2.69. The zero-order chi connectivity index (χ0) is 19.4. The van der Waals surface area contributed by atoms with E-state index in [-0.39, 0.29) is 18.3 Å². The van der Waals surface area contributed by atoms with Crippen molar-refractivity contribution in [2.45, 2.75) is 6.92 Å². The van der Waals surface area contributed by atoms with Crippen molar-refractivity contribution in [1.29, 1.82) is 0 Å². The highest BCUT2D eigenvalue weighted by molar-refractivity contribution is 9.10. The molecule has 1 aliphatic rings. The number of carbonyl (C=O) groups is 2. The van der Waals surface area contributed by atoms with Crippen LogP contribution < -0.4 is 19.5 Å². The van der Waals surface area contributed by atoms with Gasteiger partial charge in [0.15, 0.2) is 23.9 Å². The molecule has 1 amide bonds. The largest absolute Gasteiger partial charge is 0.492 e. The number of ketones is 1. The van der Waals surface area contributed by atoms with Gasteiger partial charge in [-0.1, -0.05) is 6.08 Å². The minimum Gasteiger partial charge on any atom is -0.492 e. The zero-order valence-electron chi connectivity index (χ0n) is 14.9. The van der Waals surface area contributed by atoms with Crippen molar-refractivity contribution in [2.24, 2.45) is 0 Å². The number of hydrogen-bond acceptors (Lipinski definition) is 5. The molecule has 140 valence electrons. The lowest BCUT2D eigenvalue weighted by atomic mass is 10.1. The second-order valence-corrected chi connectivity index (χ2v) is 6.57. The van der Waals surface area contributed by atoms with Gasteiger partial charge in [0.1, 0.15) is 5.75 Å². The molecule has 2 aromatic rings. The molecule has 6 nitrogen and oxygen atoms in total. The molecule has 2 aromatic carbocycles. The molecule has 0 unspecified atom stereocenters. The van der Waals surface area contributed by atoms with Crippen LogP contribution >= 0.6 is 15.9 Å². The summed E-state index contributed by atoms with van der Waals surface area (Å²) in [6.07, 6.45) is 3.17. The van der Waals surface area contributed by atoms with E-state index in [9.17, 15) is 9.59 Å². The normalized spacial score (nSPS) is 12.9.